The van der Waals surface area contributed by atoms with Crippen LogP contribution in [0.2, 0.25) is 0 Å². The van der Waals surface area contributed by atoms with Crippen LogP contribution in [0, 0.1) is 0 Å². The van der Waals surface area contributed by atoms with Gasteiger partial charge in [0.1, 0.15) is 12.0 Å². The Kier molecular flexibility index (Phi) is 5.35. The summed E-state index contributed by atoms with van der Waals surface area (Å²) in [7, 11) is 3.37. The van der Waals surface area contributed by atoms with E-state index in [4.69, 9.17) is 9.47 Å². The van der Waals surface area contributed by atoms with Crippen LogP contribution >= 0.6 is 11.8 Å². The first-order valence-electron chi connectivity index (χ1n) is 9.10. The predicted molar refractivity (Wildman–Crippen MR) is 102 cm³/mol. The van der Waals surface area contributed by atoms with Crippen molar-refractivity contribution >= 4 is 17.7 Å². The van der Waals surface area contributed by atoms with Gasteiger partial charge in [-0.25, -0.2) is 0 Å². The number of hydrogen-bond acceptors (Lipinski definition) is 4. The molecule has 2 aliphatic rings. The van der Waals surface area contributed by atoms with E-state index in [1.807, 2.05) is 36.0 Å². The van der Waals surface area contributed by atoms with Crippen LogP contribution in [0.5, 0.6) is 5.75 Å². The van der Waals surface area contributed by atoms with Crippen molar-refractivity contribution in [1.29, 1.82) is 0 Å². The summed E-state index contributed by atoms with van der Waals surface area (Å²) in [5.41, 5.74) is 0.986. The molecule has 0 aromatic heterocycles. The Hall–Kier alpha value is -1.20. The summed E-state index contributed by atoms with van der Waals surface area (Å²) in [5.74, 6) is 0.942. The molecule has 25 heavy (non-hydrogen) atoms. The highest BCUT2D eigenvalue weighted by Gasteiger charge is 2.58. The van der Waals surface area contributed by atoms with Crippen LogP contribution in [0.15, 0.2) is 24.3 Å². The molecule has 1 aliphatic heterocycles. The molecule has 0 bridgehead atoms. The molecular weight excluding hydrogens is 334 g/mol. The lowest BCUT2D eigenvalue weighted by Gasteiger charge is -2.42. The van der Waals surface area contributed by atoms with E-state index in [2.05, 4.69) is 18.7 Å². The molecule has 1 saturated carbocycles. The zero-order chi connectivity index (χ0) is 18.1. The summed E-state index contributed by atoms with van der Waals surface area (Å²) < 4.78 is 11.0. The third-order valence-electron chi connectivity index (χ3n) is 5.34. The molecule has 1 aromatic carbocycles. The lowest BCUT2D eigenvalue weighted by molar-refractivity contribution is -0.151. The smallest absolute Gasteiger partial charge is 0.230 e. The van der Waals surface area contributed by atoms with E-state index in [1.54, 1.807) is 14.2 Å². The molecule has 3 rings (SSSR count). The third kappa shape index (κ3) is 3.54. The van der Waals surface area contributed by atoms with Gasteiger partial charge in [0, 0.05) is 7.11 Å². The lowest BCUT2D eigenvalue weighted by Crippen LogP contribution is -2.53. The maximum absolute atomic E-state index is 13.3. The highest BCUT2D eigenvalue weighted by atomic mass is 32.2. The maximum Gasteiger partial charge on any atom is 0.230 e. The minimum atomic E-state index is -0.186. The molecule has 1 saturated heterocycles. The zero-order valence-electron chi connectivity index (χ0n) is 15.7. The van der Waals surface area contributed by atoms with Crippen LogP contribution in [-0.4, -0.2) is 40.9 Å². The molecule has 1 amide bonds. The zero-order valence-corrected chi connectivity index (χ0v) is 16.5. The number of ether oxygens (including phenoxy) is 2. The van der Waals surface area contributed by atoms with Gasteiger partial charge in [-0.1, -0.05) is 31.4 Å². The number of thioether (sulfide) groups is 1. The van der Waals surface area contributed by atoms with Crippen LogP contribution in [0.25, 0.3) is 0 Å². The van der Waals surface area contributed by atoms with Gasteiger partial charge in [-0.15, -0.1) is 11.8 Å². The summed E-state index contributed by atoms with van der Waals surface area (Å²) in [6.45, 7) is 4.39. The van der Waals surface area contributed by atoms with Gasteiger partial charge in [-0.2, -0.15) is 0 Å². The predicted octanol–water partition coefficient (Wildman–Crippen LogP) is 4.22. The topological polar surface area (TPSA) is 38.8 Å². The molecule has 5 heteroatoms. The molecule has 1 heterocycles. The van der Waals surface area contributed by atoms with E-state index in [1.165, 1.54) is 19.3 Å². The lowest BCUT2D eigenvalue weighted by atomic mass is 9.92. The largest absolute Gasteiger partial charge is 0.497 e. The Labute approximate surface area is 155 Å². The van der Waals surface area contributed by atoms with Crippen LogP contribution in [-0.2, 0) is 16.0 Å². The van der Waals surface area contributed by atoms with Gasteiger partial charge < -0.3 is 14.4 Å². The highest BCUT2D eigenvalue weighted by molar-refractivity contribution is 8.02. The van der Waals surface area contributed by atoms with Crippen molar-refractivity contribution in [3.63, 3.8) is 0 Å². The van der Waals surface area contributed by atoms with Gasteiger partial charge in [0.2, 0.25) is 5.91 Å². The second kappa shape index (κ2) is 7.20. The number of methoxy groups -OCH3 is 2. The summed E-state index contributed by atoms with van der Waals surface area (Å²) in [6, 6.07) is 7.78. The normalized spacial score (nSPS) is 24.5. The molecule has 138 valence electrons. The van der Waals surface area contributed by atoms with Gasteiger partial charge in [-0.3, -0.25) is 4.79 Å². The van der Waals surface area contributed by atoms with Crippen molar-refractivity contribution in [3.05, 3.63) is 29.8 Å². The molecule has 2 fully saturated rings. The average Bonchev–Trinajstić information content (AvgIpc) is 2.81. The monoisotopic (exact) mass is 363 g/mol. The summed E-state index contributed by atoms with van der Waals surface area (Å²) >= 11 is 1.93. The van der Waals surface area contributed by atoms with Crippen molar-refractivity contribution in [2.45, 2.75) is 68.2 Å². The van der Waals surface area contributed by atoms with Crippen LogP contribution < -0.4 is 4.74 Å². The minimum absolute atomic E-state index is 0.101. The Morgan fingerprint density at radius 3 is 2.60 bits per heavy atom. The molecule has 1 aliphatic carbocycles. The van der Waals surface area contributed by atoms with Crippen LogP contribution in [0.4, 0.5) is 0 Å². The Bertz CT molecular complexity index is 625. The number of rotatable bonds is 4. The van der Waals surface area contributed by atoms with E-state index in [0.29, 0.717) is 6.42 Å². The summed E-state index contributed by atoms with van der Waals surface area (Å²) in [5, 5.41) is 0. The number of amides is 1. The number of carbonyl (C=O) groups is 1. The van der Waals surface area contributed by atoms with Crippen molar-refractivity contribution in [2.24, 2.45) is 0 Å². The quantitative estimate of drug-likeness (QED) is 0.803. The van der Waals surface area contributed by atoms with Crippen molar-refractivity contribution < 1.29 is 14.3 Å². The van der Waals surface area contributed by atoms with Gasteiger partial charge in [0.15, 0.2) is 0 Å². The van der Waals surface area contributed by atoms with E-state index < -0.39 is 0 Å². The van der Waals surface area contributed by atoms with E-state index in [-0.39, 0.29) is 21.8 Å². The molecule has 1 spiro atoms. The molecule has 1 aromatic rings. The fourth-order valence-electron chi connectivity index (χ4n) is 4.35. The first-order chi connectivity index (χ1) is 11.9. The molecular formula is C20H29NO3S. The van der Waals surface area contributed by atoms with Gasteiger partial charge >= 0.3 is 0 Å². The molecule has 0 N–H and O–H groups in total. The summed E-state index contributed by atoms with van der Waals surface area (Å²) in [6.07, 6.45) is 5.95. The Balaban J connectivity index is 1.88. The first kappa shape index (κ1) is 18.6. The van der Waals surface area contributed by atoms with Gasteiger partial charge in [-0.05, 0) is 44.4 Å². The van der Waals surface area contributed by atoms with Crippen molar-refractivity contribution in [1.82, 2.24) is 4.90 Å². The van der Waals surface area contributed by atoms with Crippen LogP contribution in [0.3, 0.4) is 0 Å². The van der Waals surface area contributed by atoms with Crippen molar-refractivity contribution in [2.75, 3.05) is 14.2 Å². The summed E-state index contributed by atoms with van der Waals surface area (Å²) in [4.78, 5) is 15.3. The third-order valence-corrected chi connectivity index (χ3v) is 7.05. The van der Waals surface area contributed by atoms with E-state index in [0.717, 1.165) is 24.2 Å². The fourth-order valence-corrected chi connectivity index (χ4v) is 6.42. The first-order valence-corrected chi connectivity index (χ1v) is 9.91. The van der Waals surface area contributed by atoms with E-state index >= 15 is 0 Å². The highest BCUT2D eigenvalue weighted by Crippen LogP contribution is 2.57. The standard InChI is InChI=1S/C20H29NO3S/c1-19(2)18(24-4)21(20(25-19)11-6-5-7-12-20)17(22)14-15-9-8-10-16(13-15)23-3/h8-10,13,18H,5-7,11-12,14H2,1-4H3/t18-/m1/s1. The number of benzene rings is 1. The number of nitrogens with zero attached hydrogens (tertiary/aromatic N) is 1. The molecule has 0 radical (unpaired) electrons. The second-order valence-electron chi connectivity index (χ2n) is 7.59. The van der Waals surface area contributed by atoms with Gasteiger partial charge in [0.25, 0.3) is 0 Å². The fraction of sp³-hybridized carbons (Fsp3) is 0.650. The Morgan fingerprint density at radius 2 is 1.96 bits per heavy atom. The minimum Gasteiger partial charge on any atom is -0.497 e. The van der Waals surface area contributed by atoms with Crippen LogP contribution in [0.1, 0.15) is 51.5 Å². The van der Waals surface area contributed by atoms with Crippen molar-refractivity contribution in [3.8, 4) is 5.75 Å². The number of hydrogen-bond donors (Lipinski definition) is 0. The van der Waals surface area contributed by atoms with Gasteiger partial charge in [0.05, 0.1) is 23.1 Å². The Morgan fingerprint density at radius 1 is 1.24 bits per heavy atom. The molecule has 1 atom stereocenters. The average molecular weight is 364 g/mol. The second-order valence-corrected chi connectivity index (χ2v) is 9.61. The molecule has 4 nitrogen and oxygen atoms in total. The van der Waals surface area contributed by atoms with E-state index in [9.17, 15) is 4.79 Å². The number of carbonyl (C=O) groups excluding carboxylic acids is 1. The SMILES string of the molecule is COc1cccc(CC(=O)N2[C@H](OC)C(C)(C)SC23CCCCC3)c1. The molecule has 0 unspecified atom stereocenters. The maximum atomic E-state index is 13.3.